The number of imide groups is 1. The van der Waals surface area contributed by atoms with Crippen molar-refractivity contribution >= 4 is 19.9 Å². The van der Waals surface area contributed by atoms with E-state index in [1.165, 1.54) is 11.3 Å². The minimum atomic E-state index is -1.57. The van der Waals surface area contributed by atoms with Crippen molar-refractivity contribution in [2.24, 2.45) is 5.92 Å². The van der Waals surface area contributed by atoms with Crippen molar-refractivity contribution < 1.29 is 9.59 Å². The highest BCUT2D eigenvalue weighted by atomic mass is 28.3. The minimum Gasteiger partial charge on any atom is -0.277 e. The summed E-state index contributed by atoms with van der Waals surface area (Å²) in [6, 6.07) is 8.28. The van der Waals surface area contributed by atoms with E-state index in [1.807, 2.05) is 12.1 Å². The first-order valence-corrected chi connectivity index (χ1v) is 10.7. The molecule has 1 aromatic rings. The predicted molar refractivity (Wildman–Crippen MR) is 83.6 cm³/mol. The molecule has 0 spiro atoms. The SMILES string of the molecule is CC(C)CC[Si](C)(C)CN1C(=O)c2ccccc2C1=O. The highest BCUT2D eigenvalue weighted by molar-refractivity contribution is 6.78. The van der Waals surface area contributed by atoms with E-state index >= 15 is 0 Å². The van der Waals surface area contributed by atoms with Crippen LogP contribution < -0.4 is 0 Å². The molecule has 0 atom stereocenters. The Bertz CT molecular complexity index is 502. The molecule has 0 radical (unpaired) electrons. The fourth-order valence-corrected chi connectivity index (χ4v) is 5.23. The molecule has 108 valence electrons. The van der Waals surface area contributed by atoms with Gasteiger partial charge in [0.15, 0.2) is 0 Å². The van der Waals surface area contributed by atoms with Crippen LogP contribution in [-0.2, 0) is 0 Å². The Balaban J connectivity index is 2.12. The number of nitrogens with zero attached hydrogens (tertiary/aromatic N) is 1. The molecule has 0 N–H and O–H groups in total. The van der Waals surface area contributed by atoms with Crippen LogP contribution in [0, 0.1) is 5.92 Å². The molecule has 0 bridgehead atoms. The Kier molecular flexibility index (Phi) is 4.13. The molecule has 4 heteroatoms. The van der Waals surface area contributed by atoms with Crippen molar-refractivity contribution in [2.75, 3.05) is 6.17 Å². The van der Waals surface area contributed by atoms with Gasteiger partial charge in [0.2, 0.25) is 0 Å². The molecule has 0 unspecified atom stereocenters. The van der Waals surface area contributed by atoms with E-state index in [2.05, 4.69) is 26.9 Å². The minimum absolute atomic E-state index is 0.115. The Morgan fingerprint density at radius 3 is 2.00 bits per heavy atom. The fraction of sp³-hybridized carbons (Fsp3) is 0.500. The second-order valence-corrected chi connectivity index (χ2v) is 12.0. The van der Waals surface area contributed by atoms with E-state index in [9.17, 15) is 9.59 Å². The summed E-state index contributed by atoms with van der Waals surface area (Å²) in [5.41, 5.74) is 1.12. The Morgan fingerprint density at radius 1 is 1.05 bits per heavy atom. The van der Waals surface area contributed by atoms with Gasteiger partial charge in [-0.25, -0.2) is 0 Å². The van der Waals surface area contributed by atoms with Gasteiger partial charge in [0.25, 0.3) is 11.8 Å². The highest BCUT2D eigenvalue weighted by Crippen LogP contribution is 2.26. The lowest BCUT2D eigenvalue weighted by Crippen LogP contribution is -2.45. The van der Waals surface area contributed by atoms with E-state index in [-0.39, 0.29) is 11.8 Å². The maximum absolute atomic E-state index is 12.4. The molecule has 2 amide bonds. The number of hydrogen-bond acceptors (Lipinski definition) is 2. The summed E-state index contributed by atoms with van der Waals surface area (Å²) in [7, 11) is -1.57. The first kappa shape index (κ1) is 15.0. The van der Waals surface area contributed by atoms with Gasteiger partial charge in [0.1, 0.15) is 0 Å². The molecule has 3 nitrogen and oxygen atoms in total. The number of amides is 2. The molecular weight excluding hydrogens is 266 g/mol. The van der Waals surface area contributed by atoms with Crippen molar-refractivity contribution in [1.29, 1.82) is 0 Å². The van der Waals surface area contributed by atoms with E-state index in [0.29, 0.717) is 23.2 Å². The maximum atomic E-state index is 12.4. The summed E-state index contributed by atoms with van der Waals surface area (Å²) in [4.78, 5) is 26.2. The highest BCUT2D eigenvalue weighted by Gasteiger charge is 2.38. The smallest absolute Gasteiger partial charge is 0.261 e. The third-order valence-electron chi connectivity index (χ3n) is 3.86. The quantitative estimate of drug-likeness (QED) is 0.614. The van der Waals surface area contributed by atoms with Crippen LogP contribution in [-0.4, -0.2) is 31.0 Å². The molecule has 20 heavy (non-hydrogen) atoms. The molecule has 0 saturated heterocycles. The number of fused-ring (bicyclic) bond motifs is 1. The molecule has 0 saturated carbocycles. The lowest BCUT2D eigenvalue weighted by atomic mass is 10.1. The molecule has 2 rings (SSSR count). The third-order valence-corrected chi connectivity index (χ3v) is 6.68. The maximum Gasteiger partial charge on any atom is 0.261 e. The van der Waals surface area contributed by atoms with Crippen LogP contribution in [0.5, 0.6) is 0 Å². The number of benzene rings is 1. The molecule has 1 aliphatic heterocycles. The molecule has 1 aromatic carbocycles. The number of rotatable bonds is 5. The second-order valence-electron chi connectivity index (χ2n) is 6.84. The summed E-state index contributed by atoms with van der Waals surface area (Å²) in [6.45, 7) is 8.96. The number of hydrogen-bond donors (Lipinski definition) is 0. The molecular formula is C16H23NO2Si. The van der Waals surface area contributed by atoms with E-state index in [1.54, 1.807) is 12.1 Å². The fourth-order valence-electron chi connectivity index (χ4n) is 2.57. The van der Waals surface area contributed by atoms with Gasteiger partial charge in [0.05, 0.1) is 19.2 Å². The summed E-state index contributed by atoms with van der Waals surface area (Å²) in [6.07, 6.45) is 1.80. The lowest BCUT2D eigenvalue weighted by molar-refractivity contribution is 0.0678. The standard InChI is InChI=1S/C16H23NO2Si/c1-12(2)9-10-20(3,4)11-17-15(18)13-7-5-6-8-14(13)16(17)19/h5-8,12H,9-11H2,1-4H3. The van der Waals surface area contributed by atoms with Crippen molar-refractivity contribution in [1.82, 2.24) is 4.90 Å². The van der Waals surface area contributed by atoms with Gasteiger partial charge < -0.3 is 0 Å². The Morgan fingerprint density at radius 2 is 1.55 bits per heavy atom. The third kappa shape index (κ3) is 3.01. The van der Waals surface area contributed by atoms with Gasteiger partial charge in [-0.2, -0.15) is 0 Å². The molecule has 0 fully saturated rings. The van der Waals surface area contributed by atoms with Gasteiger partial charge in [-0.1, -0.05) is 51.5 Å². The van der Waals surface area contributed by atoms with Crippen LogP contribution in [0.2, 0.25) is 19.1 Å². The summed E-state index contributed by atoms with van der Waals surface area (Å²) < 4.78 is 0. The van der Waals surface area contributed by atoms with Crippen LogP contribution in [0.3, 0.4) is 0 Å². The molecule has 1 heterocycles. The van der Waals surface area contributed by atoms with E-state index in [0.717, 1.165) is 6.04 Å². The number of carbonyl (C=O) groups is 2. The van der Waals surface area contributed by atoms with Gasteiger partial charge >= 0.3 is 0 Å². The molecule has 0 aromatic heterocycles. The van der Waals surface area contributed by atoms with Crippen LogP contribution in [0.4, 0.5) is 0 Å². The lowest BCUT2D eigenvalue weighted by Gasteiger charge is -2.28. The first-order chi connectivity index (χ1) is 9.32. The van der Waals surface area contributed by atoms with Crippen LogP contribution in [0.15, 0.2) is 24.3 Å². The summed E-state index contributed by atoms with van der Waals surface area (Å²) in [5, 5.41) is 0. The van der Waals surface area contributed by atoms with Gasteiger partial charge in [-0.05, 0) is 18.1 Å². The normalized spacial score (nSPS) is 15.2. The zero-order valence-electron chi connectivity index (χ0n) is 12.8. The number of carbonyl (C=O) groups excluding carboxylic acids is 2. The van der Waals surface area contributed by atoms with Crippen LogP contribution in [0.25, 0.3) is 0 Å². The predicted octanol–water partition coefficient (Wildman–Crippen LogP) is 3.58. The van der Waals surface area contributed by atoms with Crippen molar-refractivity contribution in [2.45, 2.75) is 39.4 Å². The monoisotopic (exact) mass is 289 g/mol. The average molecular weight is 289 g/mol. The van der Waals surface area contributed by atoms with Gasteiger partial charge in [-0.15, -0.1) is 0 Å². The Hall–Kier alpha value is -1.42. The molecule has 1 aliphatic rings. The van der Waals surface area contributed by atoms with Crippen LogP contribution in [0.1, 0.15) is 41.0 Å². The van der Waals surface area contributed by atoms with Crippen molar-refractivity contribution in [3.63, 3.8) is 0 Å². The summed E-state index contributed by atoms with van der Waals surface area (Å²) in [5.74, 6) is 0.440. The zero-order valence-corrected chi connectivity index (χ0v) is 13.8. The summed E-state index contributed by atoms with van der Waals surface area (Å²) >= 11 is 0. The second kappa shape index (κ2) is 5.52. The van der Waals surface area contributed by atoms with Crippen molar-refractivity contribution in [3.8, 4) is 0 Å². The van der Waals surface area contributed by atoms with E-state index < -0.39 is 8.07 Å². The zero-order chi connectivity index (χ0) is 14.9. The van der Waals surface area contributed by atoms with Gasteiger partial charge in [0, 0.05) is 6.17 Å². The van der Waals surface area contributed by atoms with Gasteiger partial charge in [-0.3, -0.25) is 14.5 Å². The largest absolute Gasteiger partial charge is 0.277 e. The van der Waals surface area contributed by atoms with Crippen molar-refractivity contribution in [3.05, 3.63) is 35.4 Å². The van der Waals surface area contributed by atoms with E-state index in [4.69, 9.17) is 0 Å². The average Bonchev–Trinajstić information content (AvgIpc) is 2.62. The Labute approximate surface area is 122 Å². The molecule has 0 aliphatic carbocycles. The van der Waals surface area contributed by atoms with Crippen LogP contribution >= 0.6 is 0 Å². The topological polar surface area (TPSA) is 37.4 Å². The first-order valence-electron chi connectivity index (χ1n) is 7.27.